The first-order chi connectivity index (χ1) is 8.92. The first kappa shape index (κ1) is 16.1. The minimum absolute atomic E-state index is 0.250. The molecule has 0 radical (unpaired) electrons. The largest absolute Gasteiger partial charge is 0.377 e. The highest BCUT2D eigenvalue weighted by Crippen LogP contribution is 2.18. The number of hydrogen-bond acceptors (Lipinski definition) is 3. The molecule has 1 aromatic carbocycles. The van der Waals surface area contributed by atoms with E-state index in [4.69, 9.17) is 9.29 Å². The van der Waals surface area contributed by atoms with E-state index in [0.29, 0.717) is 25.6 Å². The third-order valence-corrected chi connectivity index (χ3v) is 3.93. The Labute approximate surface area is 115 Å². The lowest BCUT2D eigenvalue weighted by Crippen LogP contribution is -2.07. The molecule has 0 amide bonds. The minimum Gasteiger partial charge on any atom is -0.377 e. The molecule has 1 atom stereocenters. The lowest BCUT2D eigenvalue weighted by atomic mass is 9.98. The van der Waals surface area contributed by atoms with E-state index in [2.05, 4.69) is 26.0 Å². The molecule has 4 nitrogen and oxygen atoms in total. The van der Waals surface area contributed by atoms with Crippen molar-refractivity contribution in [1.29, 1.82) is 0 Å². The molecule has 0 heterocycles. The smallest absolute Gasteiger partial charge is 0.264 e. The van der Waals surface area contributed by atoms with Crippen molar-refractivity contribution in [3.63, 3.8) is 0 Å². The van der Waals surface area contributed by atoms with Gasteiger partial charge in [-0.3, -0.25) is 4.55 Å². The van der Waals surface area contributed by atoms with E-state index in [1.54, 1.807) is 0 Å². The van der Waals surface area contributed by atoms with E-state index in [1.807, 2.05) is 12.1 Å². The van der Waals surface area contributed by atoms with Gasteiger partial charge in [-0.2, -0.15) is 8.42 Å². The summed E-state index contributed by atoms with van der Waals surface area (Å²) in [6, 6.07) is 8.27. The summed E-state index contributed by atoms with van der Waals surface area (Å²) in [4.78, 5) is 0. The fourth-order valence-corrected chi connectivity index (χ4v) is 2.19. The molecular formula is C14H22O4S. The maximum atomic E-state index is 10.5. The van der Waals surface area contributed by atoms with Crippen LogP contribution in [0.4, 0.5) is 0 Å². The summed E-state index contributed by atoms with van der Waals surface area (Å²) in [5.74, 6) is 0.310. The van der Waals surface area contributed by atoms with Crippen molar-refractivity contribution in [2.75, 3.05) is 12.4 Å². The highest BCUT2D eigenvalue weighted by Gasteiger charge is 2.04. The van der Waals surface area contributed by atoms with Crippen molar-refractivity contribution in [3.8, 4) is 0 Å². The Balaban J connectivity index is 2.30. The predicted molar refractivity (Wildman–Crippen MR) is 75.8 cm³/mol. The molecule has 1 aromatic rings. The number of hydrogen-bond donors (Lipinski definition) is 1. The molecule has 0 bridgehead atoms. The molecule has 1 rings (SSSR count). The Hall–Kier alpha value is -0.910. The normalized spacial score (nSPS) is 13.4. The predicted octanol–water partition coefficient (Wildman–Crippen LogP) is 2.99. The second-order valence-electron chi connectivity index (χ2n) is 4.74. The summed E-state index contributed by atoms with van der Waals surface area (Å²) >= 11 is 0. The Kier molecular flexibility index (Phi) is 6.48. The molecule has 1 unspecified atom stereocenters. The fourth-order valence-electron chi connectivity index (χ4n) is 1.71. The van der Waals surface area contributed by atoms with Gasteiger partial charge in [-0.15, -0.1) is 0 Å². The van der Waals surface area contributed by atoms with Gasteiger partial charge in [-0.1, -0.05) is 38.1 Å². The zero-order chi connectivity index (χ0) is 14.3. The molecule has 0 spiro atoms. The molecule has 19 heavy (non-hydrogen) atoms. The molecule has 0 aliphatic rings. The van der Waals surface area contributed by atoms with E-state index in [0.717, 1.165) is 12.0 Å². The molecule has 0 aliphatic heterocycles. The second kappa shape index (κ2) is 7.62. The minimum atomic E-state index is -3.87. The van der Waals surface area contributed by atoms with Crippen LogP contribution in [0.25, 0.3) is 0 Å². The third-order valence-electron chi connectivity index (χ3n) is 3.12. The summed E-state index contributed by atoms with van der Waals surface area (Å²) in [6.07, 6.45) is 1.43. The number of rotatable bonds is 8. The maximum Gasteiger partial charge on any atom is 0.264 e. The van der Waals surface area contributed by atoms with Gasteiger partial charge >= 0.3 is 0 Å². The zero-order valence-electron chi connectivity index (χ0n) is 11.5. The average molecular weight is 286 g/mol. The van der Waals surface area contributed by atoms with Crippen LogP contribution in [0.3, 0.4) is 0 Å². The van der Waals surface area contributed by atoms with Crippen LogP contribution < -0.4 is 0 Å². The highest BCUT2D eigenvalue weighted by atomic mass is 32.2. The molecule has 108 valence electrons. The average Bonchev–Trinajstić information content (AvgIpc) is 2.37. The van der Waals surface area contributed by atoms with Crippen LogP contribution in [-0.2, 0) is 21.5 Å². The SMILES string of the molecule is CCC(C)c1ccc(COCCCS(=O)(=O)O)cc1. The topological polar surface area (TPSA) is 63.6 Å². The van der Waals surface area contributed by atoms with Crippen LogP contribution in [0.15, 0.2) is 24.3 Å². The van der Waals surface area contributed by atoms with Gasteiger partial charge in [0.1, 0.15) is 0 Å². The van der Waals surface area contributed by atoms with E-state index in [9.17, 15) is 8.42 Å². The van der Waals surface area contributed by atoms with Crippen molar-refractivity contribution >= 4 is 10.1 Å². The lowest BCUT2D eigenvalue weighted by molar-refractivity contribution is 0.121. The Morgan fingerprint density at radius 2 is 1.89 bits per heavy atom. The van der Waals surface area contributed by atoms with Crippen LogP contribution in [0, 0.1) is 0 Å². The van der Waals surface area contributed by atoms with Crippen molar-refractivity contribution < 1.29 is 17.7 Å². The van der Waals surface area contributed by atoms with Crippen molar-refractivity contribution in [2.45, 2.75) is 39.2 Å². The summed E-state index contributed by atoms with van der Waals surface area (Å²) in [6.45, 7) is 5.15. The molecule has 5 heteroatoms. The summed E-state index contributed by atoms with van der Waals surface area (Å²) < 4.78 is 34.9. The molecule has 0 fully saturated rings. The van der Waals surface area contributed by atoms with Crippen LogP contribution >= 0.6 is 0 Å². The standard InChI is InChI=1S/C14H22O4S/c1-3-12(2)14-7-5-13(6-8-14)11-18-9-4-10-19(15,16)17/h5-8,12H,3-4,9-11H2,1-2H3,(H,15,16,17). The second-order valence-corrected chi connectivity index (χ2v) is 6.32. The number of ether oxygens (including phenoxy) is 1. The highest BCUT2D eigenvalue weighted by molar-refractivity contribution is 7.85. The van der Waals surface area contributed by atoms with Gasteiger partial charge in [0.15, 0.2) is 0 Å². The molecule has 0 saturated carbocycles. The van der Waals surface area contributed by atoms with E-state index in [-0.39, 0.29) is 5.75 Å². The van der Waals surface area contributed by atoms with E-state index in [1.165, 1.54) is 5.56 Å². The van der Waals surface area contributed by atoms with Gasteiger partial charge < -0.3 is 4.74 Å². The van der Waals surface area contributed by atoms with E-state index >= 15 is 0 Å². The summed E-state index contributed by atoms with van der Waals surface area (Å²) in [5, 5.41) is 0. The quantitative estimate of drug-likeness (QED) is 0.589. The lowest BCUT2D eigenvalue weighted by Gasteiger charge is -2.10. The van der Waals surface area contributed by atoms with Gasteiger partial charge in [0.25, 0.3) is 10.1 Å². The molecule has 0 aromatic heterocycles. The molecular weight excluding hydrogens is 264 g/mol. The van der Waals surface area contributed by atoms with Gasteiger partial charge in [0.05, 0.1) is 12.4 Å². The van der Waals surface area contributed by atoms with Crippen LogP contribution in [-0.4, -0.2) is 25.3 Å². The Morgan fingerprint density at radius 1 is 1.26 bits per heavy atom. The maximum absolute atomic E-state index is 10.5. The monoisotopic (exact) mass is 286 g/mol. The van der Waals surface area contributed by atoms with E-state index < -0.39 is 10.1 Å². The Morgan fingerprint density at radius 3 is 2.42 bits per heavy atom. The fraction of sp³-hybridized carbons (Fsp3) is 0.571. The van der Waals surface area contributed by atoms with Gasteiger partial charge in [-0.05, 0) is 29.9 Å². The van der Waals surface area contributed by atoms with Crippen molar-refractivity contribution in [1.82, 2.24) is 0 Å². The van der Waals surface area contributed by atoms with Crippen LogP contribution in [0.5, 0.6) is 0 Å². The Bertz CT molecular complexity index is 465. The third kappa shape index (κ3) is 6.71. The number of benzene rings is 1. The van der Waals surface area contributed by atoms with Gasteiger partial charge in [0.2, 0.25) is 0 Å². The van der Waals surface area contributed by atoms with Crippen LogP contribution in [0.2, 0.25) is 0 Å². The molecule has 0 aliphatic carbocycles. The first-order valence-corrected chi connectivity index (χ1v) is 8.15. The van der Waals surface area contributed by atoms with Crippen LogP contribution in [0.1, 0.15) is 43.7 Å². The molecule has 0 saturated heterocycles. The van der Waals surface area contributed by atoms with Gasteiger partial charge in [-0.25, -0.2) is 0 Å². The zero-order valence-corrected chi connectivity index (χ0v) is 12.3. The summed E-state index contributed by atoms with van der Waals surface area (Å²) in [7, 11) is -3.87. The van der Waals surface area contributed by atoms with Crippen molar-refractivity contribution in [3.05, 3.63) is 35.4 Å². The van der Waals surface area contributed by atoms with Gasteiger partial charge in [0, 0.05) is 6.61 Å². The van der Waals surface area contributed by atoms with Crippen molar-refractivity contribution in [2.24, 2.45) is 0 Å². The first-order valence-electron chi connectivity index (χ1n) is 6.54. The molecule has 1 N–H and O–H groups in total. The summed E-state index contributed by atoms with van der Waals surface area (Å²) in [5.41, 5.74) is 2.39.